The number of carbonyl (C=O) groups excluding carboxylic acids is 2. The first-order valence-electron chi connectivity index (χ1n) is 7.63. The highest BCUT2D eigenvalue weighted by Gasteiger charge is 2.21. The molecule has 0 aromatic heterocycles. The molecule has 0 aliphatic heterocycles. The molecule has 5 nitrogen and oxygen atoms in total. The first-order valence-corrected chi connectivity index (χ1v) is 7.63. The summed E-state index contributed by atoms with van der Waals surface area (Å²) in [6, 6.07) is 11.5. The Labute approximate surface area is 143 Å². The molecule has 0 heterocycles. The van der Waals surface area contributed by atoms with Crippen LogP contribution in [0.2, 0.25) is 0 Å². The Morgan fingerprint density at radius 2 is 1.84 bits per heavy atom. The molecule has 0 bridgehead atoms. The Hall–Kier alpha value is -2.96. The molecule has 0 aliphatic carbocycles. The number of esters is 1. The van der Waals surface area contributed by atoms with Gasteiger partial charge in [0.1, 0.15) is 17.4 Å². The number of anilines is 1. The average molecular weight is 349 g/mol. The Bertz CT molecular complexity index is 737. The van der Waals surface area contributed by atoms with Gasteiger partial charge in [0, 0.05) is 6.07 Å². The zero-order chi connectivity index (χ0) is 18.2. The minimum atomic E-state index is -0.918. The van der Waals surface area contributed by atoms with E-state index in [-0.39, 0.29) is 5.69 Å². The molecule has 0 saturated heterocycles. The van der Waals surface area contributed by atoms with Crippen molar-refractivity contribution in [3.8, 4) is 5.75 Å². The SMILES string of the molecule is CC[C@@H](Oc1ccccc1)C(=O)OCC(=O)Nc1ccc(F)cc1F. The molecule has 2 aromatic rings. The molecule has 0 radical (unpaired) electrons. The van der Waals surface area contributed by atoms with Crippen LogP contribution in [-0.2, 0) is 14.3 Å². The molecular weight excluding hydrogens is 332 g/mol. The molecule has 1 N–H and O–H groups in total. The Morgan fingerprint density at radius 3 is 2.48 bits per heavy atom. The van der Waals surface area contributed by atoms with Gasteiger partial charge in [-0.1, -0.05) is 25.1 Å². The molecule has 25 heavy (non-hydrogen) atoms. The van der Waals surface area contributed by atoms with E-state index in [2.05, 4.69) is 5.32 Å². The van der Waals surface area contributed by atoms with Crippen molar-refractivity contribution in [2.45, 2.75) is 19.4 Å². The highest BCUT2D eigenvalue weighted by molar-refractivity contribution is 5.93. The summed E-state index contributed by atoms with van der Waals surface area (Å²) < 4.78 is 36.7. The molecule has 1 amide bonds. The fourth-order valence-corrected chi connectivity index (χ4v) is 1.97. The number of hydrogen-bond donors (Lipinski definition) is 1. The van der Waals surface area contributed by atoms with Gasteiger partial charge in [-0.05, 0) is 30.7 Å². The van der Waals surface area contributed by atoms with Crippen LogP contribution in [0.4, 0.5) is 14.5 Å². The summed E-state index contributed by atoms with van der Waals surface area (Å²) in [5.41, 5.74) is -0.199. The van der Waals surface area contributed by atoms with Gasteiger partial charge < -0.3 is 14.8 Å². The van der Waals surface area contributed by atoms with Gasteiger partial charge in [0.05, 0.1) is 5.69 Å². The minimum absolute atomic E-state index is 0.199. The van der Waals surface area contributed by atoms with Crippen molar-refractivity contribution in [1.82, 2.24) is 0 Å². The maximum atomic E-state index is 13.5. The Balaban J connectivity index is 1.86. The van der Waals surface area contributed by atoms with Crippen LogP contribution in [-0.4, -0.2) is 24.6 Å². The lowest BCUT2D eigenvalue weighted by Gasteiger charge is -2.16. The molecule has 132 valence electrons. The predicted molar refractivity (Wildman–Crippen MR) is 87.1 cm³/mol. The Morgan fingerprint density at radius 1 is 1.12 bits per heavy atom. The van der Waals surface area contributed by atoms with Crippen LogP contribution in [0.3, 0.4) is 0 Å². The second-order valence-electron chi connectivity index (χ2n) is 5.11. The van der Waals surface area contributed by atoms with E-state index in [4.69, 9.17) is 9.47 Å². The van der Waals surface area contributed by atoms with Gasteiger partial charge in [-0.15, -0.1) is 0 Å². The fraction of sp³-hybridized carbons (Fsp3) is 0.222. The zero-order valence-corrected chi connectivity index (χ0v) is 13.5. The molecule has 2 aromatic carbocycles. The van der Waals surface area contributed by atoms with Crippen LogP contribution in [0.5, 0.6) is 5.75 Å². The first-order chi connectivity index (χ1) is 12.0. The van der Waals surface area contributed by atoms with E-state index in [1.165, 1.54) is 0 Å². The van der Waals surface area contributed by atoms with Gasteiger partial charge in [0.2, 0.25) is 0 Å². The van der Waals surface area contributed by atoms with Crippen molar-refractivity contribution in [1.29, 1.82) is 0 Å². The van der Waals surface area contributed by atoms with E-state index in [9.17, 15) is 18.4 Å². The van der Waals surface area contributed by atoms with E-state index in [1.807, 2.05) is 6.07 Å². The number of nitrogens with one attached hydrogen (secondary N) is 1. The molecule has 0 spiro atoms. The van der Waals surface area contributed by atoms with Crippen molar-refractivity contribution < 1.29 is 27.8 Å². The van der Waals surface area contributed by atoms with Gasteiger partial charge in [0.25, 0.3) is 5.91 Å². The van der Waals surface area contributed by atoms with E-state index < -0.39 is 36.2 Å². The normalized spacial score (nSPS) is 11.5. The third kappa shape index (κ3) is 5.56. The highest BCUT2D eigenvalue weighted by atomic mass is 19.1. The fourth-order valence-electron chi connectivity index (χ4n) is 1.97. The number of hydrogen-bond acceptors (Lipinski definition) is 4. The summed E-state index contributed by atoms with van der Waals surface area (Å²) in [7, 11) is 0. The maximum absolute atomic E-state index is 13.5. The third-order valence-electron chi connectivity index (χ3n) is 3.21. The van der Waals surface area contributed by atoms with Crippen LogP contribution >= 0.6 is 0 Å². The predicted octanol–water partition coefficient (Wildman–Crippen LogP) is 3.30. The molecular formula is C18H17F2NO4. The number of ether oxygens (including phenoxy) is 2. The van der Waals surface area contributed by atoms with Gasteiger partial charge in [-0.3, -0.25) is 4.79 Å². The second kappa shape index (κ2) is 8.77. The molecule has 1 atom stereocenters. The second-order valence-corrected chi connectivity index (χ2v) is 5.11. The number of benzene rings is 2. The molecule has 7 heteroatoms. The number of amides is 1. The maximum Gasteiger partial charge on any atom is 0.347 e. The molecule has 0 unspecified atom stereocenters. The monoisotopic (exact) mass is 349 g/mol. The lowest BCUT2D eigenvalue weighted by molar-refractivity contribution is -0.154. The summed E-state index contributed by atoms with van der Waals surface area (Å²) in [5, 5.41) is 2.20. The Kier molecular flexibility index (Phi) is 6.45. The molecule has 0 saturated carbocycles. The van der Waals surface area contributed by atoms with Crippen molar-refractivity contribution in [3.63, 3.8) is 0 Å². The average Bonchev–Trinajstić information content (AvgIpc) is 2.61. The summed E-state index contributed by atoms with van der Waals surface area (Å²) in [5.74, 6) is -2.62. The van der Waals surface area contributed by atoms with Crippen molar-refractivity contribution >= 4 is 17.6 Å². The van der Waals surface area contributed by atoms with E-state index in [0.29, 0.717) is 18.2 Å². The third-order valence-corrected chi connectivity index (χ3v) is 3.21. The molecule has 2 rings (SSSR count). The van der Waals surface area contributed by atoms with Crippen LogP contribution in [0.1, 0.15) is 13.3 Å². The molecule has 0 fully saturated rings. The summed E-state index contributed by atoms with van der Waals surface area (Å²) in [4.78, 5) is 23.7. The summed E-state index contributed by atoms with van der Waals surface area (Å²) in [6.45, 7) is 1.13. The van der Waals surface area contributed by atoms with Crippen molar-refractivity contribution in [3.05, 3.63) is 60.2 Å². The summed E-state index contributed by atoms with van der Waals surface area (Å²) in [6.07, 6.45) is -0.514. The van der Waals surface area contributed by atoms with Crippen LogP contribution in [0.25, 0.3) is 0 Å². The quantitative estimate of drug-likeness (QED) is 0.779. The zero-order valence-electron chi connectivity index (χ0n) is 13.5. The molecule has 0 aliphatic rings. The van der Waals surface area contributed by atoms with E-state index in [0.717, 1.165) is 12.1 Å². The van der Waals surface area contributed by atoms with Crippen molar-refractivity contribution in [2.75, 3.05) is 11.9 Å². The first kappa shape index (κ1) is 18.4. The van der Waals surface area contributed by atoms with E-state index >= 15 is 0 Å². The number of rotatable bonds is 7. The van der Waals surface area contributed by atoms with E-state index in [1.54, 1.807) is 31.2 Å². The lowest BCUT2D eigenvalue weighted by atomic mass is 10.2. The van der Waals surface area contributed by atoms with Gasteiger partial charge >= 0.3 is 5.97 Å². The van der Waals surface area contributed by atoms with Crippen LogP contribution < -0.4 is 10.1 Å². The van der Waals surface area contributed by atoms with Gasteiger partial charge in [-0.2, -0.15) is 0 Å². The topological polar surface area (TPSA) is 64.6 Å². The van der Waals surface area contributed by atoms with Crippen LogP contribution in [0.15, 0.2) is 48.5 Å². The number of para-hydroxylation sites is 1. The standard InChI is InChI=1S/C18H17F2NO4/c1-2-16(25-13-6-4-3-5-7-13)18(23)24-11-17(22)21-15-9-8-12(19)10-14(15)20/h3-10,16H,2,11H2,1H3,(H,21,22)/t16-/m1/s1. The smallest absolute Gasteiger partial charge is 0.347 e. The van der Waals surface area contributed by atoms with Crippen LogP contribution in [0, 0.1) is 11.6 Å². The van der Waals surface area contributed by atoms with Gasteiger partial charge in [0.15, 0.2) is 12.7 Å². The van der Waals surface area contributed by atoms with Crippen molar-refractivity contribution in [2.24, 2.45) is 0 Å². The van der Waals surface area contributed by atoms with Gasteiger partial charge in [-0.25, -0.2) is 13.6 Å². The number of halogens is 2. The lowest BCUT2D eigenvalue weighted by Crippen LogP contribution is -2.31. The highest BCUT2D eigenvalue weighted by Crippen LogP contribution is 2.15. The largest absolute Gasteiger partial charge is 0.479 e. The number of carbonyl (C=O) groups is 2. The summed E-state index contributed by atoms with van der Waals surface area (Å²) >= 11 is 0. The minimum Gasteiger partial charge on any atom is -0.479 e.